The molecule has 0 unspecified atom stereocenters. The van der Waals surface area contributed by atoms with Crippen LogP contribution in [0.25, 0.3) is 10.9 Å². The Morgan fingerprint density at radius 2 is 1.74 bits per heavy atom. The van der Waals surface area contributed by atoms with Gasteiger partial charge in [0.25, 0.3) is 5.91 Å². The van der Waals surface area contributed by atoms with E-state index in [0.29, 0.717) is 5.56 Å². The summed E-state index contributed by atoms with van der Waals surface area (Å²) in [5.41, 5.74) is 1.36. The Morgan fingerprint density at radius 3 is 2.52 bits per heavy atom. The molecule has 122 valence electrons. The van der Waals surface area contributed by atoms with Gasteiger partial charge in [0.2, 0.25) is 0 Å². The Morgan fingerprint density at radius 1 is 1.04 bits per heavy atom. The molecule has 0 radical (unpaired) electrons. The van der Waals surface area contributed by atoms with E-state index in [9.17, 15) is 9.59 Å². The van der Waals surface area contributed by atoms with Crippen molar-refractivity contribution < 1.29 is 14.3 Å². The van der Waals surface area contributed by atoms with Crippen molar-refractivity contribution in [2.75, 3.05) is 19.7 Å². The number of ether oxygens (including phenoxy) is 1. The van der Waals surface area contributed by atoms with Crippen molar-refractivity contribution in [3.8, 4) is 0 Å². The van der Waals surface area contributed by atoms with E-state index in [2.05, 4.69) is 4.98 Å². The first-order valence-corrected chi connectivity index (χ1v) is 8.27. The lowest BCUT2D eigenvalue weighted by molar-refractivity contribution is -0.134. The van der Waals surface area contributed by atoms with Gasteiger partial charge in [0.15, 0.2) is 6.61 Å². The van der Waals surface area contributed by atoms with Crippen molar-refractivity contribution in [3.05, 3.63) is 36.0 Å². The Kier molecular flexibility index (Phi) is 4.95. The lowest BCUT2D eigenvalue weighted by atomic mass is 10.1. The SMILES string of the molecule is O=C(OCC(=O)N1CCCCCCC1)c1c[nH]c2ccccc12. The average Bonchev–Trinajstić information content (AvgIpc) is 2.96. The van der Waals surface area contributed by atoms with Gasteiger partial charge in [-0.2, -0.15) is 0 Å². The number of carbonyl (C=O) groups excluding carboxylic acids is 2. The highest BCUT2D eigenvalue weighted by Gasteiger charge is 2.18. The van der Waals surface area contributed by atoms with Crippen molar-refractivity contribution in [2.24, 2.45) is 0 Å². The van der Waals surface area contributed by atoms with Crippen LogP contribution in [0.2, 0.25) is 0 Å². The van der Waals surface area contributed by atoms with E-state index >= 15 is 0 Å². The van der Waals surface area contributed by atoms with Crippen LogP contribution < -0.4 is 0 Å². The molecule has 0 atom stereocenters. The zero-order chi connectivity index (χ0) is 16.1. The number of amides is 1. The van der Waals surface area contributed by atoms with Crippen LogP contribution in [0.1, 0.15) is 42.5 Å². The molecule has 23 heavy (non-hydrogen) atoms. The second-order valence-electron chi connectivity index (χ2n) is 5.97. The Hall–Kier alpha value is -2.30. The van der Waals surface area contributed by atoms with Crippen LogP contribution in [0.15, 0.2) is 30.5 Å². The van der Waals surface area contributed by atoms with Gasteiger partial charge in [-0.15, -0.1) is 0 Å². The van der Waals surface area contributed by atoms with Gasteiger partial charge in [-0.3, -0.25) is 4.79 Å². The molecule has 2 heterocycles. The number of aromatic amines is 1. The summed E-state index contributed by atoms with van der Waals surface area (Å²) in [6.07, 6.45) is 7.27. The maximum atomic E-state index is 12.2. The largest absolute Gasteiger partial charge is 0.452 e. The van der Waals surface area contributed by atoms with Crippen LogP contribution in [0.3, 0.4) is 0 Å². The third-order valence-electron chi connectivity index (χ3n) is 4.34. The number of esters is 1. The van der Waals surface area contributed by atoms with Crippen LogP contribution in [0.4, 0.5) is 0 Å². The van der Waals surface area contributed by atoms with Crippen LogP contribution >= 0.6 is 0 Å². The number of likely N-dealkylation sites (tertiary alicyclic amines) is 1. The first kappa shape index (κ1) is 15.6. The molecule has 1 aromatic carbocycles. The molecule has 1 aliphatic rings. The number of aromatic nitrogens is 1. The van der Waals surface area contributed by atoms with Crippen LogP contribution in [0, 0.1) is 0 Å². The van der Waals surface area contributed by atoms with E-state index in [1.165, 1.54) is 19.3 Å². The fraction of sp³-hybridized carbons (Fsp3) is 0.444. The second kappa shape index (κ2) is 7.31. The topological polar surface area (TPSA) is 62.4 Å². The minimum absolute atomic E-state index is 0.0971. The molecule has 0 spiro atoms. The minimum Gasteiger partial charge on any atom is -0.452 e. The summed E-state index contributed by atoms with van der Waals surface area (Å²) < 4.78 is 5.23. The monoisotopic (exact) mass is 314 g/mol. The molecule has 1 fully saturated rings. The van der Waals surface area contributed by atoms with E-state index in [-0.39, 0.29) is 12.5 Å². The molecule has 5 nitrogen and oxygen atoms in total. The fourth-order valence-corrected chi connectivity index (χ4v) is 3.03. The third kappa shape index (κ3) is 3.73. The molecule has 0 saturated carbocycles. The molecule has 0 bridgehead atoms. The van der Waals surface area contributed by atoms with Gasteiger partial charge >= 0.3 is 5.97 Å². The molecule has 1 aromatic heterocycles. The number of fused-ring (bicyclic) bond motifs is 1. The lowest BCUT2D eigenvalue weighted by Crippen LogP contribution is -2.36. The van der Waals surface area contributed by atoms with Crippen LogP contribution in [-0.4, -0.2) is 41.5 Å². The highest BCUT2D eigenvalue weighted by molar-refractivity contribution is 6.04. The number of H-pyrrole nitrogens is 1. The zero-order valence-corrected chi connectivity index (χ0v) is 13.2. The third-order valence-corrected chi connectivity index (χ3v) is 4.34. The number of benzene rings is 1. The number of hydrogen-bond acceptors (Lipinski definition) is 3. The standard InChI is InChI=1S/C18H22N2O3/c21-17(20-10-6-2-1-3-7-11-20)13-23-18(22)15-12-19-16-9-5-4-8-14(15)16/h4-5,8-9,12,19H,1-3,6-7,10-11,13H2. The fourth-order valence-electron chi connectivity index (χ4n) is 3.03. The van der Waals surface area contributed by atoms with Gasteiger partial charge in [0, 0.05) is 30.2 Å². The molecule has 0 aliphatic carbocycles. The Labute approximate surface area is 135 Å². The normalized spacial score (nSPS) is 15.9. The predicted octanol–water partition coefficient (Wildman–Crippen LogP) is 3.12. The summed E-state index contributed by atoms with van der Waals surface area (Å²) in [6, 6.07) is 7.54. The number of nitrogens with zero attached hydrogens (tertiary/aromatic N) is 1. The van der Waals surface area contributed by atoms with Crippen molar-refractivity contribution in [1.82, 2.24) is 9.88 Å². The zero-order valence-electron chi connectivity index (χ0n) is 13.2. The molecule has 5 heteroatoms. The van der Waals surface area contributed by atoms with E-state index in [1.54, 1.807) is 6.20 Å². The average molecular weight is 314 g/mol. The first-order valence-electron chi connectivity index (χ1n) is 8.27. The predicted molar refractivity (Wildman–Crippen MR) is 88.2 cm³/mol. The molecule has 2 aromatic rings. The first-order chi connectivity index (χ1) is 11.3. The van der Waals surface area contributed by atoms with Gasteiger partial charge in [-0.1, -0.05) is 37.5 Å². The summed E-state index contributed by atoms with van der Waals surface area (Å²) in [6.45, 7) is 1.35. The molecular weight excluding hydrogens is 292 g/mol. The highest BCUT2D eigenvalue weighted by atomic mass is 16.5. The molecular formula is C18H22N2O3. The number of nitrogens with one attached hydrogen (secondary N) is 1. The summed E-state index contributed by atoms with van der Waals surface area (Å²) >= 11 is 0. The maximum Gasteiger partial charge on any atom is 0.340 e. The summed E-state index contributed by atoms with van der Waals surface area (Å²) in [7, 11) is 0. The lowest BCUT2D eigenvalue weighted by Gasteiger charge is -2.24. The summed E-state index contributed by atoms with van der Waals surface area (Å²) in [4.78, 5) is 29.3. The number of para-hydroxylation sites is 1. The molecule has 3 rings (SSSR count). The van der Waals surface area contributed by atoms with Crippen molar-refractivity contribution in [1.29, 1.82) is 0 Å². The summed E-state index contributed by atoms with van der Waals surface area (Å²) in [5.74, 6) is -0.553. The smallest absolute Gasteiger partial charge is 0.340 e. The Bertz CT molecular complexity index is 684. The quantitative estimate of drug-likeness (QED) is 0.885. The van der Waals surface area contributed by atoms with E-state index in [4.69, 9.17) is 4.74 Å². The number of hydrogen-bond donors (Lipinski definition) is 1. The van der Waals surface area contributed by atoms with E-state index in [1.807, 2.05) is 29.2 Å². The molecule has 1 saturated heterocycles. The molecule has 1 N–H and O–H groups in total. The van der Waals surface area contributed by atoms with Gasteiger partial charge in [-0.05, 0) is 18.9 Å². The van der Waals surface area contributed by atoms with Gasteiger partial charge in [0.1, 0.15) is 0 Å². The molecule has 1 aliphatic heterocycles. The summed E-state index contributed by atoms with van der Waals surface area (Å²) in [5, 5.41) is 0.816. The van der Waals surface area contributed by atoms with Crippen LogP contribution in [-0.2, 0) is 9.53 Å². The van der Waals surface area contributed by atoms with Crippen LogP contribution in [0.5, 0.6) is 0 Å². The second-order valence-corrected chi connectivity index (χ2v) is 5.97. The maximum absolute atomic E-state index is 12.2. The van der Waals surface area contributed by atoms with Crippen molar-refractivity contribution in [3.63, 3.8) is 0 Å². The highest BCUT2D eigenvalue weighted by Crippen LogP contribution is 2.18. The number of carbonyl (C=O) groups is 2. The van der Waals surface area contributed by atoms with Crippen molar-refractivity contribution >= 4 is 22.8 Å². The minimum atomic E-state index is -0.456. The van der Waals surface area contributed by atoms with Gasteiger partial charge < -0.3 is 14.6 Å². The van der Waals surface area contributed by atoms with E-state index in [0.717, 1.165) is 36.8 Å². The van der Waals surface area contributed by atoms with Crippen molar-refractivity contribution in [2.45, 2.75) is 32.1 Å². The molecule has 1 amide bonds. The van der Waals surface area contributed by atoms with Gasteiger partial charge in [0.05, 0.1) is 5.56 Å². The number of rotatable bonds is 3. The van der Waals surface area contributed by atoms with Gasteiger partial charge in [-0.25, -0.2) is 4.79 Å². The van der Waals surface area contributed by atoms with E-state index < -0.39 is 5.97 Å². The Balaban J connectivity index is 1.58.